The van der Waals surface area contributed by atoms with Crippen molar-refractivity contribution in [2.24, 2.45) is 0 Å². The zero-order chi connectivity index (χ0) is 21.8. The van der Waals surface area contributed by atoms with Crippen LogP contribution in [0.3, 0.4) is 0 Å². The summed E-state index contributed by atoms with van der Waals surface area (Å²) in [6.07, 6.45) is 0. The summed E-state index contributed by atoms with van der Waals surface area (Å²) in [7, 11) is 3.55. The van der Waals surface area contributed by atoms with Gasteiger partial charge in [-0.25, -0.2) is 0 Å². The Morgan fingerprint density at radius 2 is 1.77 bits per heavy atom. The first-order chi connectivity index (χ1) is 15.0. The number of hydrogen-bond donors (Lipinski definition) is 1. The summed E-state index contributed by atoms with van der Waals surface area (Å²) in [5, 5.41) is 6.74. The van der Waals surface area contributed by atoms with E-state index in [1.807, 2.05) is 42.3 Å². The van der Waals surface area contributed by atoms with E-state index in [0.717, 1.165) is 18.7 Å². The number of nitrogens with zero attached hydrogens (tertiary/aromatic N) is 3. The van der Waals surface area contributed by atoms with E-state index in [1.165, 1.54) is 7.11 Å². The number of piperazine rings is 1. The molecule has 2 amide bonds. The third kappa shape index (κ3) is 4.59. The van der Waals surface area contributed by atoms with Crippen LogP contribution in [0.15, 0.2) is 59.1 Å². The maximum Gasteiger partial charge on any atom is 0.294 e. The Morgan fingerprint density at radius 1 is 1.03 bits per heavy atom. The molecule has 31 heavy (non-hydrogen) atoms. The molecule has 1 N–H and O–H groups in total. The monoisotopic (exact) mass is 420 g/mol. The number of rotatable bonds is 5. The van der Waals surface area contributed by atoms with Crippen LogP contribution in [0, 0.1) is 0 Å². The molecule has 2 aromatic carbocycles. The molecule has 160 valence electrons. The number of hydrogen-bond acceptors (Lipinski definition) is 6. The second-order valence-electron chi connectivity index (χ2n) is 7.41. The first-order valence-corrected chi connectivity index (χ1v) is 10.0. The summed E-state index contributed by atoms with van der Waals surface area (Å²) in [5.74, 6) is -0.0303. The molecule has 2 heterocycles. The van der Waals surface area contributed by atoms with Gasteiger partial charge < -0.3 is 24.4 Å². The van der Waals surface area contributed by atoms with Gasteiger partial charge in [0, 0.05) is 43.4 Å². The fraction of sp³-hybridized carbons (Fsp3) is 0.261. The van der Waals surface area contributed by atoms with Crippen molar-refractivity contribution in [3.8, 4) is 17.0 Å². The lowest BCUT2D eigenvalue weighted by molar-refractivity contribution is 0.0664. The normalized spacial score (nSPS) is 14.3. The number of likely N-dealkylation sites (N-methyl/N-ethyl adjacent to an activating group) is 1. The predicted octanol–water partition coefficient (Wildman–Crippen LogP) is 2.99. The molecule has 8 nitrogen and oxygen atoms in total. The van der Waals surface area contributed by atoms with Crippen LogP contribution in [-0.4, -0.2) is 67.1 Å². The van der Waals surface area contributed by atoms with Crippen molar-refractivity contribution in [1.82, 2.24) is 15.0 Å². The van der Waals surface area contributed by atoms with Gasteiger partial charge in [0.05, 0.1) is 12.8 Å². The van der Waals surface area contributed by atoms with E-state index in [2.05, 4.69) is 15.4 Å². The van der Waals surface area contributed by atoms with Crippen LogP contribution in [0.1, 0.15) is 20.9 Å². The lowest BCUT2D eigenvalue weighted by Gasteiger charge is -2.32. The number of carbonyl (C=O) groups is 2. The van der Waals surface area contributed by atoms with Crippen LogP contribution in [0.5, 0.6) is 5.75 Å². The molecule has 4 rings (SSSR count). The number of nitrogens with one attached hydrogen (secondary N) is 1. The van der Waals surface area contributed by atoms with Crippen molar-refractivity contribution in [2.45, 2.75) is 0 Å². The Kier molecular flexibility index (Phi) is 5.99. The fourth-order valence-electron chi connectivity index (χ4n) is 3.44. The summed E-state index contributed by atoms with van der Waals surface area (Å²) in [6.45, 7) is 3.01. The smallest absolute Gasteiger partial charge is 0.294 e. The zero-order valence-corrected chi connectivity index (χ0v) is 17.5. The molecule has 0 atom stereocenters. The quantitative estimate of drug-likeness (QED) is 0.683. The summed E-state index contributed by atoms with van der Waals surface area (Å²) in [5.41, 5.74) is 2.30. The van der Waals surface area contributed by atoms with E-state index in [0.29, 0.717) is 35.8 Å². The Balaban J connectivity index is 1.52. The van der Waals surface area contributed by atoms with Crippen LogP contribution < -0.4 is 10.1 Å². The molecule has 0 unspecified atom stereocenters. The van der Waals surface area contributed by atoms with Gasteiger partial charge in [-0.1, -0.05) is 35.5 Å². The molecule has 1 aliphatic heterocycles. The van der Waals surface area contributed by atoms with Crippen molar-refractivity contribution in [1.29, 1.82) is 0 Å². The van der Waals surface area contributed by atoms with Crippen molar-refractivity contribution in [3.05, 3.63) is 65.9 Å². The van der Waals surface area contributed by atoms with E-state index >= 15 is 0 Å². The third-order valence-electron chi connectivity index (χ3n) is 5.29. The van der Waals surface area contributed by atoms with Crippen molar-refractivity contribution in [3.63, 3.8) is 0 Å². The minimum atomic E-state index is -0.475. The van der Waals surface area contributed by atoms with Gasteiger partial charge in [-0.2, -0.15) is 0 Å². The highest BCUT2D eigenvalue weighted by atomic mass is 16.5. The average Bonchev–Trinajstić information content (AvgIpc) is 3.30. The van der Waals surface area contributed by atoms with E-state index in [4.69, 9.17) is 9.26 Å². The van der Waals surface area contributed by atoms with Gasteiger partial charge in [-0.05, 0) is 25.2 Å². The lowest BCUT2D eigenvalue weighted by atomic mass is 10.1. The molecule has 0 spiro atoms. The largest absolute Gasteiger partial charge is 0.495 e. The fourth-order valence-corrected chi connectivity index (χ4v) is 3.44. The van der Waals surface area contributed by atoms with Crippen LogP contribution in [0.2, 0.25) is 0 Å². The predicted molar refractivity (Wildman–Crippen MR) is 116 cm³/mol. The molecule has 1 saturated heterocycles. The summed E-state index contributed by atoms with van der Waals surface area (Å²) < 4.78 is 10.6. The highest BCUT2D eigenvalue weighted by Crippen LogP contribution is 2.27. The van der Waals surface area contributed by atoms with E-state index in [-0.39, 0.29) is 11.7 Å². The van der Waals surface area contributed by atoms with Crippen LogP contribution in [0.4, 0.5) is 5.69 Å². The molecule has 1 aliphatic rings. The van der Waals surface area contributed by atoms with Gasteiger partial charge in [0.15, 0.2) is 0 Å². The van der Waals surface area contributed by atoms with Gasteiger partial charge in [0.2, 0.25) is 5.76 Å². The molecule has 1 aromatic heterocycles. The van der Waals surface area contributed by atoms with Gasteiger partial charge in [-0.3, -0.25) is 9.59 Å². The Morgan fingerprint density at radius 3 is 2.48 bits per heavy atom. The lowest BCUT2D eigenvalue weighted by Crippen LogP contribution is -2.47. The first kappa shape index (κ1) is 20.6. The Labute approximate surface area is 180 Å². The van der Waals surface area contributed by atoms with Gasteiger partial charge in [-0.15, -0.1) is 0 Å². The molecular formula is C23H24N4O4. The van der Waals surface area contributed by atoms with Crippen LogP contribution >= 0.6 is 0 Å². The van der Waals surface area contributed by atoms with E-state index < -0.39 is 5.91 Å². The number of amides is 2. The van der Waals surface area contributed by atoms with Gasteiger partial charge in [0.25, 0.3) is 11.8 Å². The Hall–Kier alpha value is -3.65. The number of anilines is 1. The summed E-state index contributed by atoms with van der Waals surface area (Å²) in [4.78, 5) is 29.6. The second kappa shape index (κ2) is 9.01. The number of carbonyl (C=O) groups excluding carboxylic acids is 2. The number of aromatic nitrogens is 1. The third-order valence-corrected chi connectivity index (χ3v) is 5.29. The molecule has 1 fully saturated rings. The van der Waals surface area contributed by atoms with Crippen molar-refractivity contribution >= 4 is 17.5 Å². The molecular weight excluding hydrogens is 396 g/mol. The molecule has 3 aromatic rings. The highest BCUT2D eigenvalue weighted by Gasteiger charge is 2.22. The van der Waals surface area contributed by atoms with Crippen LogP contribution in [-0.2, 0) is 0 Å². The van der Waals surface area contributed by atoms with Crippen LogP contribution in [0.25, 0.3) is 11.3 Å². The zero-order valence-electron chi connectivity index (χ0n) is 17.5. The summed E-state index contributed by atoms with van der Waals surface area (Å²) >= 11 is 0. The minimum Gasteiger partial charge on any atom is -0.495 e. The standard InChI is InChI=1S/C23H24N4O4/c1-26-10-12-27(13-11-26)23(29)17-8-9-20(30-2)19(14-17)24-22(28)21-15-18(25-31-21)16-6-4-3-5-7-16/h3-9,14-15H,10-13H2,1-2H3,(H,24,28). The molecule has 0 saturated carbocycles. The highest BCUT2D eigenvalue weighted by molar-refractivity contribution is 6.04. The summed E-state index contributed by atoms with van der Waals surface area (Å²) in [6, 6.07) is 16.0. The molecule has 0 aliphatic carbocycles. The minimum absolute atomic E-state index is 0.0664. The topological polar surface area (TPSA) is 87.9 Å². The van der Waals surface area contributed by atoms with Crippen molar-refractivity contribution in [2.75, 3.05) is 45.7 Å². The SMILES string of the molecule is COc1ccc(C(=O)N2CCN(C)CC2)cc1NC(=O)c1cc(-c2ccccc2)no1. The first-order valence-electron chi connectivity index (χ1n) is 10.0. The average molecular weight is 420 g/mol. The second-order valence-corrected chi connectivity index (χ2v) is 7.41. The molecule has 0 bridgehead atoms. The van der Waals surface area contributed by atoms with E-state index in [1.54, 1.807) is 24.3 Å². The number of methoxy groups -OCH3 is 1. The number of ether oxygens (including phenoxy) is 1. The maximum absolute atomic E-state index is 12.9. The molecule has 8 heteroatoms. The van der Waals surface area contributed by atoms with Gasteiger partial charge >= 0.3 is 0 Å². The maximum atomic E-state index is 12.9. The van der Waals surface area contributed by atoms with Crippen molar-refractivity contribution < 1.29 is 18.8 Å². The number of benzene rings is 2. The van der Waals surface area contributed by atoms with Gasteiger partial charge in [0.1, 0.15) is 11.4 Å². The Bertz CT molecular complexity index is 1070. The van der Waals surface area contributed by atoms with E-state index in [9.17, 15) is 9.59 Å². The molecule has 0 radical (unpaired) electrons.